The van der Waals surface area contributed by atoms with Crippen molar-refractivity contribution in [3.05, 3.63) is 29.6 Å². The second kappa shape index (κ2) is 4.61. The highest BCUT2D eigenvalue weighted by atomic mass is 19.4. The summed E-state index contributed by atoms with van der Waals surface area (Å²) >= 11 is 0. The van der Waals surface area contributed by atoms with Crippen LogP contribution >= 0.6 is 0 Å². The van der Waals surface area contributed by atoms with Crippen LogP contribution in [0.3, 0.4) is 0 Å². The van der Waals surface area contributed by atoms with Crippen molar-refractivity contribution in [3.8, 4) is 6.07 Å². The number of carbonyl (C=O) groups excluding carboxylic acids is 1. The van der Waals surface area contributed by atoms with Crippen molar-refractivity contribution in [1.29, 1.82) is 5.26 Å². The number of nitriles is 1. The SMILES string of the molecule is N#CCNC(=O)c1ccc(C(F)(F)F)cn1. The zero-order chi connectivity index (χ0) is 12.2. The van der Waals surface area contributed by atoms with Crippen LogP contribution in [-0.4, -0.2) is 17.4 Å². The molecule has 16 heavy (non-hydrogen) atoms. The van der Waals surface area contributed by atoms with Crippen LogP contribution in [0.25, 0.3) is 0 Å². The first kappa shape index (κ1) is 12.0. The Hall–Kier alpha value is -2.10. The lowest BCUT2D eigenvalue weighted by molar-refractivity contribution is -0.137. The molecule has 0 atom stereocenters. The number of pyridine rings is 1. The molecule has 0 aliphatic heterocycles. The van der Waals surface area contributed by atoms with E-state index in [-0.39, 0.29) is 12.2 Å². The Labute approximate surface area is 88.7 Å². The molecular weight excluding hydrogens is 223 g/mol. The summed E-state index contributed by atoms with van der Waals surface area (Å²) in [5, 5.41) is 10.3. The first-order chi connectivity index (χ1) is 7.45. The quantitative estimate of drug-likeness (QED) is 0.778. The van der Waals surface area contributed by atoms with Crippen molar-refractivity contribution < 1.29 is 18.0 Å². The minimum absolute atomic E-state index is 0.164. The van der Waals surface area contributed by atoms with Gasteiger partial charge in [0.15, 0.2) is 0 Å². The molecule has 0 spiro atoms. The molecule has 84 valence electrons. The van der Waals surface area contributed by atoms with Crippen molar-refractivity contribution in [2.24, 2.45) is 0 Å². The van der Waals surface area contributed by atoms with Crippen molar-refractivity contribution in [2.75, 3.05) is 6.54 Å². The molecule has 1 amide bonds. The lowest BCUT2D eigenvalue weighted by Crippen LogP contribution is -2.24. The molecular formula is C9H6F3N3O. The standard InChI is InChI=1S/C9H6F3N3O/c10-9(11,12)6-1-2-7(15-5-6)8(16)14-4-3-13/h1-2,5H,4H2,(H,14,16). The predicted molar refractivity (Wildman–Crippen MR) is 47.2 cm³/mol. The Morgan fingerprint density at radius 1 is 1.50 bits per heavy atom. The van der Waals surface area contributed by atoms with E-state index in [9.17, 15) is 18.0 Å². The van der Waals surface area contributed by atoms with E-state index >= 15 is 0 Å². The normalized spacial score (nSPS) is 10.6. The van der Waals surface area contributed by atoms with Gasteiger partial charge in [0.2, 0.25) is 0 Å². The zero-order valence-electron chi connectivity index (χ0n) is 7.88. The fraction of sp³-hybridized carbons (Fsp3) is 0.222. The summed E-state index contributed by atoms with van der Waals surface area (Å²) in [6.45, 7) is -0.221. The Morgan fingerprint density at radius 2 is 2.19 bits per heavy atom. The summed E-state index contributed by atoms with van der Waals surface area (Å²) in [6.07, 6.45) is -3.91. The molecule has 0 radical (unpaired) electrons. The molecule has 0 aliphatic carbocycles. The lowest BCUT2D eigenvalue weighted by atomic mass is 10.2. The third-order valence-corrected chi connectivity index (χ3v) is 1.65. The van der Waals surface area contributed by atoms with E-state index in [1.165, 1.54) is 0 Å². The van der Waals surface area contributed by atoms with Gasteiger partial charge in [0, 0.05) is 6.20 Å². The molecule has 1 aromatic heterocycles. The third kappa shape index (κ3) is 2.95. The molecule has 0 aromatic carbocycles. The van der Waals surface area contributed by atoms with E-state index < -0.39 is 17.6 Å². The van der Waals surface area contributed by atoms with Gasteiger partial charge in [0.25, 0.3) is 5.91 Å². The van der Waals surface area contributed by atoms with Gasteiger partial charge in [-0.25, -0.2) is 0 Å². The number of rotatable bonds is 2. The monoisotopic (exact) mass is 229 g/mol. The van der Waals surface area contributed by atoms with E-state index in [2.05, 4.69) is 10.3 Å². The highest BCUT2D eigenvalue weighted by molar-refractivity contribution is 5.92. The van der Waals surface area contributed by atoms with Crippen molar-refractivity contribution in [2.45, 2.75) is 6.18 Å². The molecule has 0 saturated heterocycles. The van der Waals surface area contributed by atoms with Gasteiger partial charge < -0.3 is 5.32 Å². The molecule has 1 N–H and O–H groups in total. The lowest BCUT2D eigenvalue weighted by Gasteiger charge is -2.06. The average molecular weight is 229 g/mol. The van der Waals surface area contributed by atoms with Gasteiger partial charge in [0.1, 0.15) is 12.2 Å². The van der Waals surface area contributed by atoms with Crippen molar-refractivity contribution in [1.82, 2.24) is 10.3 Å². The average Bonchev–Trinajstić information content (AvgIpc) is 2.25. The van der Waals surface area contributed by atoms with Crippen LogP contribution in [0, 0.1) is 11.3 Å². The maximum atomic E-state index is 12.1. The largest absolute Gasteiger partial charge is 0.417 e. The summed E-state index contributed by atoms with van der Waals surface area (Å²) < 4.78 is 36.4. The maximum Gasteiger partial charge on any atom is 0.417 e. The Bertz CT molecular complexity index is 419. The second-order valence-electron chi connectivity index (χ2n) is 2.77. The van der Waals surface area contributed by atoms with Gasteiger partial charge in [-0.1, -0.05) is 0 Å². The molecule has 0 saturated carbocycles. The number of nitrogens with zero attached hydrogens (tertiary/aromatic N) is 2. The van der Waals surface area contributed by atoms with Crippen LogP contribution in [0.2, 0.25) is 0 Å². The molecule has 1 aromatic rings. The number of halogens is 3. The van der Waals surface area contributed by atoms with Crippen LogP contribution in [0.15, 0.2) is 18.3 Å². The summed E-state index contributed by atoms with van der Waals surface area (Å²) in [4.78, 5) is 14.5. The van der Waals surface area contributed by atoms with Gasteiger partial charge in [-0.15, -0.1) is 0 Å². The van der Waals surface area contributed by atoms with Crippen LogP contribution in [0.1, 0.15) is 16.1 Å². The Morgan fingerprint density at radius 3 is 2.62 bits per heavy atom. The molecule has 0 unspecified atom stereocenters. The van der Waals surface area contributed by atoms with Crippen LogP contribution in [-0.2, 0) is 6.18 Å². The van der Waals surface area contributed by atoms with Crippen molar-refractivity contribution >= 4 is 5.91 Å². The molecule has 0 fully saturated rings. The topological polar surface area (TPSA) is 65.8 Å². The Kier molecular flexibility index (Phi) is 3.45. The summed E-state index contributed by atoms with van der Waals surface area (Å²) in [5.74, 6) is -0.685. The highest BCUT2D eigenvalue weighted by Gasteiger charge is 2.30. The minimum atomic E-state index is -4.48. The summed E-state index contributed by atoms with van der Waals surface area (Å²) in [7, 11) is 0. The fourth-order valence-corrected chi connectivity index (χ4v) is 0.906. The molecule has 1 heterocycles. The third-order valence-electron chi connectivity index (χ3n) is 1.65. The predicted octanol–water partition coefficient (Wildman–Crippen LogP) is 1.35. The first-order valence-electron chi connectivity index (χ1n) is 4.13. The number of alkyl halides is 3. The molecule has 7 heteroatoms. The van der Waals surface area contributed by atoms with E-state index in [1.807, 2.05) is 0 Å². The minimum Gasteiger partial charge on any atom is -0.338 e. The van der Waals surface area contributed by atoms with Crippen molar-refractivity contribution in [3.63, 3.8) is 0 Å². The van der Waals surface area contributed by atoms with Gasteiger partial charge in [-0.05, 0) is 12.1 Å². The van der Waals surface area contributed by atoms with Crippen LogP contribution < -0.4 is 5.32 Å². The number of aromatic nitrogens is 1. The number of hydrogen-bond donors (Lipinski definition) is 1. The van der Waals surface area contributed by atoms with Gasteiger partial charge in [-0.3, -0.25) is 9.78 Å². The van der Waals surface area contributed by atoms with Gasteiger partial charge >= 0.3 is 6.18 Å². The number of nitrogens with one attached hydrogen (secondary N) is 1. The van der Waals surface area contributed by atoms with E-state index in [4.69, 9.17) is 5.26 Å². The molecule has 1 rings (SSSR count). The van der Waals surface area contributed by atoms with Gasteiger partial charge in [-0.2, -0.15) is 18.4 Å². The van der Waals surface area contributed by atoms with E-state index in [0.29, 0.717) is 6.20 Å². The fourth-order valence-electron chi connectivity index (χ4n) is 0.906. The Balaban J connectivity index is 2.80. The number of carbonyl (C=O) groups is 1. The van der Waals surface area contributed by atoms with Gasteiger partial charge in [0.05, 0.1) is 11.6 Å². The molecule has 0 aliphatic rings. The number of hydrogen-bond acceptors (Lipinski definition) is 3. The highest BCUT2D eigenvalue weighted by Crippen LogP contribution is 2.28. The molecule has 0 bridgehead atoms. The molecule has 4 nitrogen and oxygen atoms in total. The maximum absolute atomic E-state index is 12.1. The summed E-state index contributed by atoms with van der Waals surface area (Å²) in [6, 6.07) is 3.38. The smallest absolute Gasteiger partial charge is 0.338 e. The summed E-state index contributed by atoms with van der Waals surface area (Å²) in [5.41, 5.74) is -1.09. The second-order valence-corrected chi connectivity index (χ2v) is 2.77. The zero-order valence-corrected chi connectivity index (χ0v) is 7.88. The number of amides is 1. The van der Waals surface area contributed by atoms with E-state index in [0.717, 1.165) is 12.1 Å². The van der Waals surface area contributed by atoms with E-state index in [1.54, 1.807) is 6.07 Å². The van der Waals surface area contributed by atoms with Crippen LogP contribution in [0.4, 0.5) is 13.2 Å². The first-order valence-corrected chi connectivity index (χ1v) is 4.13. The van der Waals surface area contributed by atoms with Crippen LogP contribution in [0.5, 0.6) is 0 Å².